The van der Waals surface area contributed by atoms with Crippen LogP contribution in [0.15, 0.2) is 23.7 Å². The Hall–Kier alpha value is -1.30. The maximum Gasteiger partial charge on any atom is 0.492 e. The third-order valence-corrected chi connectivity index (χ3v) is 4.38. The highest BCUT2D eigenvalue weighted by molar-refractivity contribution is 6.55. The molecule has 1 heterocycles. The Morgan fingerprint density at radius 1 is 1.24 bits per heavy atom. The summed E-state index contributed by atoms with van der Waals surface area (Å²) in [6, 6.07) is 5.71. The molecule has 5 heteroatoms. The Morgan fingerprint density at radius 2 is 1.81 bits per heavy atom. The zero-order valence-corrected chi connectivity index (χ0v) is 13.4. The first-order valence-corrected chi connectivity index (χ1v) is 7.19. The quantitative estimate of drug-likeness (QED) is 0.663. The number of aliphatic hydroxyl groups excluding tert-OH is 1. The van der Waals surface area contributed by atoms with Crippen LogP contribution < -0.4 is 5.73 Å². The van der Waals surface area contributed by atoms with Crippen LogP contribution in [0.5, 0.6) is 0 Å². The van der Waals surface area contributed by atoms with Crippen molar-refractivity contribution in [3.05, 3.63) is 34.8 Å². The molecule has 0 aliphatic carbocycles. The van der Waals surface area contributed by atoms with E-state index in [9.17, 15) is 5.11 Å². The van der Waals surface area contributed by atoms with Crippen molar-refractivity contribution in [3.63, 3.8) is 0 Å². The Kier molecular flexibility index (Phi) is 4.20. The molecule has 0 amide bonds. The van der Waals surface area contributed by atoms with Gasteiger partial charge in [-0.1, -0.05) is 12.1 Å². The van der Waals surface area contributed by atoms with Crippen molar-refractivity contribution in [2.75, 3.05) is 12.3 Å². The molecule has 3 N–H and O–H groups in total. The van der Waals surface area contributed by atoms with Crippen molar-refractivity contribution in [2.45, 2.75) is 45.8 Å². The summed E-state index contributed by atoms with van der Waals surface area (Å²) in [6.45, 7) is 9.86. The van der Waals surface area contributed by atoms with Gasteiger partial charge in [-0.05, 0) is 63.4 Å². The van der Waals surface area contributed by atoms with Crippen LogP contribution in [0, 0.1) is 6.92 Å². The molecule has 0 radical (unpaired) electrons. The minimum absolute atomic E-state index is 0.120. The molecule has 0 atom stereocenters. The molecule has 114 valence electrons. The van der Waals surface area contributed by atoms with Gasteiger partial charge in [0.15, 0.2) is 0 Å². The lowest BCUT2D eigenvalue weighted by molar-refractivity contribution is 0.00578. The van der Waals surface area contributed by atoms with Crippen molar-refractivity contribution in [1.29, 1.82) is 0 Å². The van der Waals surface area contributed by atoms with E-state index in [1.54, 1.807) is 0 Å². The second kappa shape index (κ2) is 5.48. The minimum Gasteiger partial charge on any atom is -0.400 e. The number of nitrogen functional groups attached to an aromatic ring is 1. The number of rotatable bonds is 3. The van der Waals surface area contributed by atoms with Gasteiger partial charge in [-0.25, -0.2) is 0 Å². The molecule has 4 nitrogen and oxygen atoms in total. The number of anilines is 1. The lowest BCUT2D eigenvalue weighted by atomic mass is 9.77. The molecule has 1 fully saturated rings. The van der Waals surface area contributed by atoms with Crippen molar-refractivity contribution in [3.8, 4) is 0 Å². The van der Waals surface area contributed by atoms with Crippen molar-refractivity contribution in [1.82, 2.24) is 0 Å². The summed E-state index contributed by atoms with van der Waals surface area (Å²) in [7, 11) is -0.541. The Morgan fingerprint density at radius 3 is 2.33 bits per heavy atom. The number of benzene rings is 1. The first-order valence-electron chi connectivity index (χ1n) is 7.19. The van der Waals surface area contributed by atoms with Crippen molar-refractivity contribution in [2.24, 2.45) is 0 Å². The third-order valence-electron chi connectivity index (χ3n) is 4.38. The van der Waals surface area contributed by atoms with Gasteiger partial charge in [-0.3, -0.25) is 0 Å². The predicted octanol–water partition coefficient (Wildman–Crippen LogP) is 2.58. The summed E-state index contributed by atoms with van der Waals surface area (Å²) in [5.74, 6) is 0. The highest BCUT2D eigenvalue weighted by atomic mass is 16.7. The smallest absolute Gasteiger partial charge is 0.400 e. The molecular formula is C16H24BNO3. The number of aryl methyl sites for hydroxylation is 1. The van der Waals surface area contributed by atoms with E-state index in [2.05, 4.69) is 0 Å². The van der Waals surface area contributed by atoms with Gasteiger partial charge in [-0.15, -0.1) is 0 Å². The van der Waals surface area contributed by atoms with Gasteiger partial charge in [0.05, 0.1) is 17.8 Å². The van der Waals surface area contributed by atoms with Crippen LogP contribution in [0.2, 0.25) is 0 Å². The molecule has 0 spiro atoms. The second-order valence-electron chi connectivity index (χ2n) is 6.58. The molecule has 1 aliphatic heterocycles. The SMILES string of the molecule is Cc1ccc(N)cc1C=C(CO)B1OC(C)(C)C(C)(C)O1. The van der Waals surface area contributed by atoms with Crippen LogP contribution in [0.1, 0.15) is 38.8 Å². The maximum absolute atomic E-state index is 9.69. The van der Waals surface area contributed by atoms with E-state index in [0.717, 1.165) is 11.1 Å². The fraction of sp³-hybridized carbons (Fsp3) is 0.500. The highest BCUT2D eigenvalue weighted by Gasteiger charge is 2.52. The van der Waals surface area contributed by atoms with E-state index < -0.39 is 18.3 Å². The fourth-order valence-electron chi connectivity index (χ4n) is 2.20. The van der Waals surface area contributed by atoms with E-state index in [1.165, 1.54) is 0 Å². The molecule has 1 aromatic rings. The summed E-state index contributed by atoms with van der Waals surface area (Å²) in [5, 5.41) is 9.69. The van der Waals surface area contributed by atoms with Gasteiger partial charge in [0.25, 0.3) is 0 Å². The first kappa shape index (κ1) is 16.1. The maximum atomic E-state index is 9.69. The number of aliphatic hydroxyl groups is 1. The van der Waals surface area contributed by atoms with Gasteiger partial charge in [0.1, 0.15) is 0 Å². The Balaban J connectivity index is 2.33. The zero-order valence-electron chi connectivity index (χ0n) is 13.4. The number of hydrogen-bond donors (Lipinski definition) is 2. The lowest BCUT2D eigenvalue weighted by Gasteiger charge is -2.32. The van der Waals surface area contributed by atoms with E-state index >= 15 is 0 Å². The molecule has 0 aromatic heterocycles. The van der Waals surface area contributed by atoms with Crippen LogP contribution in [-0.2, 0) is 9.31 Å². The van der Waals surface area contributed by atoms with Crippen LogP contribution in [0.25, 0.3) is 6.08 Å². The van der Waals surface area contributed by atoms with Crippen LogP contribution in [0.4, 0.5) is 5.69 Å². The number of hydrogen-bond acceptors (Lipinski definition) is 4. The molecule has 21 heavy (non-hydrogen) atoms. The topological polar surface area (TPSA) is 64.7 Å². The van der Waals surface area contributed by atoms with Gasteiger partial charge in [0, 0.05) is 5.69 Å². The molecule has 0 bridgehead atoms. The standard InChI is InChI=1S/C16H24BNO3/c1-11-6-7-14(18)9-12(11)8-13(10-19)17-20-15(2,3)16(4,5)21-17/h6-9,19H,10,18H2,1-5H3. The molecule has 1 saturated heterocycles. The summed E-state index contributed by atoms with van der Waals surface area (Å²) in [6.07, 6.45) is 1.90. The van der Waals surface area contributed by atoms with Gasteiger partial charge in [-0.2, -0.15) is 0 Å². The number of nitrogens with two attached hydrogens (primary N) is 1. The molecular weight excluding hydrogens is 265 g/mol. The lowest BCUT2D eigenvalue weighted by Crippen LogP contribution is -2.41. The Labute approximate surface area is 127 Å². The fourth-order valence-corrected chi connectivity index (χ4v) is 2.20. The van der Waals surface area contributed by atoms with E-state index in [0.29, 0.717) is 11.2 Å². The van der Waals surface area contributed by atoms with Crippen LogP contribution >= 0.6 is 0 Å². The first-order chi connectivity index (χ1) is 9.66. The molecule has 0 saturated carbocycles. The van der Waals surface area contributed by atoms with Crippen molar-refractivity contribution >= 4 is 18.9 Å². The third kappa shape index (κ3) is 3.15. The molecule has 2 rings (SSSR count). The van der Waals surface area contributed by atoms with Crippen molar-refractivity contribution < 1.29 is 14.4 Å². The van der Waals surface area contributed by atoms with E-state index in [4.69, 9.17) is 15.0 Å². The summed E-state index contributed by atoms with van der Waals surface area (Å²) in [4.78, 5) is 0. The van der Waals surface area contributed by atoms with E-state index in [-0.39, 0.29) is 6.61 Å². The summed E-state index contributed by atoms with van der Waals surface area (Å²) < 4.78 is 12.0. The van der Waals surface area contributed by atoms with Gasteiger partial charge < -0.3 is 20.1 Å². The van der Waals surface area contributed by atoms with Crippen LogP contribution in [-0.4, -0.2) is 30.0 Å². The second-order valence-corrected chi connectivity index (χ2v) is 6.58. The zero-order chi connectivity index (χ0) is 15.8. The van der Waals surface area contributed by atoms with Gasteiger partial charge >= 0.3 is 7.12 Å². The minimum atomic E-state index is -0.541. The summed E-state index contributed by atoms with van der Waals surface area (Å²) in [5.41, 5.74) is 8.44. The highest BCUT2D eigenvalue weighted by Crippen LogP contribution is 2.38. The van der Waals surface area contributed by atoms with Gasteiger partial charge in [0.2, 0.25) is 0 Å². The largest absolute Gasteiger partial charge is 0.492 e. The normalized spacial score (nSPS) is 20.9. The monoisotopic (exact) mass is 289 g/mol. The molecule has 1 aromatic carbocycles. The Bertz CT molecular complexity index is 551. The molecule has 0 unspecified atom stereocenters. The average Bonchev–Trinajstić information content (AvgIpc) is 2.59. The summed E-state index contributed by atoms with van der Waals surface area (Å²) >= 11 is 0. The average molecular weight is 289 g/mol. The van der Waals surface area contributed by atoms with Crippen LogP contribution in [0.3, 0.4) is 0 Å². The predicted molar refractivity (Wildman–Crippen MR) is 86.7 cm³/mol. The van der Waals surface area contributed by atoms with E-state index in [1.807, 2.05) is 58.9 Å². The molecule has 1 aliphatic rings.